The van der Waals surface area contributed by atoms with Crippen LogP contribution in [-0.4, -0.2) is 30.0 Å². The molecule has 160 valence electrons. The van der Waals surface area contributed by atoms with E-state index in [0.29, 0.717) is 6.21 Å². The molecule has 3 rings (SSSR count). The molecule has 8 nitrogen and oxygen atoms in total. The quantitative estimate of drug-likeness (QED) is 0.183. The number of nitrogens with one attached hydrogen (secondary N) is 4. The summed E-state index contributed by atoms with van der Waals surface area (Å²) in [5, 5.41) is 24.0. The standard InChI is InChI=1S/C19H16F2N6O2.HI.2H2/c1-25-14-7-12(20)16(17(21)11(14)8-22)19(28)27-9-2-3-13(23)10(6-9)18(24)15-4-5-26-29-15;;;/h2-8,22,24-25H,23H2,1H3,(H,27,28);3*1H. The summed E-state index contributed by atoms with van der Waals surface area (Å²) in [4.78, 5) is 12.5. The van der Waals surface area contributed by atoms with E-state index in [-0.39, 0.29) is 66.5 Å². The summed E-state index contributed by atoms with van der Waals surface area (Å²) in [6, 6.07) is 6.66. The van der Waals surface area contributed by atoms with Gasteiger partial charge in [0.15, 0.2) is 5.76 Å². The molecule has 0 aliphatic rings. The van der Waals surface area contributed by atoms with E-state index < -0.39 is 23.1 Å². The monoisotopic (exact) mass is 530 g/mol. The molecule has 0 unspecified atom stereocenters. The van der Waals surface area contributed by atoms with Gasteiger partial charge in [-0.3, -0.25) is 10.2 Å². The Morgan fingerprint density at radius 3 is 2.63 bits per heavy atom. The highest BCUT2D eigenvalue weighted by atomic mass is 127. The maximum Gasteiger partial charge on any atom is 0.261 e. The van der Waals surface area contributed by atoms with Crippen LogP contribution in [0.25, 0.3) is 0 Å². The Labute approximate surface area is 189 Å². The van der Waals surface area contributed by atoms with Crippen molar-refractivity contribution in [2.75, 3.05) is 23.4 Å². The lowest BCUT2D eigenvalue weighted by Gasteiger charge is -2.13. The zero-order valence-corrected chi connectivity index (χ0v) is 17.9. The Kier molecular flexibility index (Phi) is 7.21. The molecule has 0 bridgehead atoms. The van der Waals surface area contributed by atoms with Gasteiger partial charge in [-0.05, 0) is 24.3 Å². The Hall–Kier alpha value is -3.35. The summed E-state index contributed by atoms with van der Waals surface area (Å²) < 4.78 is 33.9. The van der Waals surface area contributed by atoms with E-state index in [2.05, 4.69) is 15.8 Å². The zero-order valence-electron chi connectivity index (χ0n) is 15.5. The Morgan fingerprint density at radius 2 is 2.03 bits per heavy atom. The minimum Gasteiger partial charge on any atom is -0.398 e. The fourth-order valence-electron chi connectivity index (χ4n) is 2.71. The number of halogens is 3. The van der Waals surface area contributed by atoms with E-state index in [9.17, 15) is 13.6 Å². The van der Waals surface area contributed by atoms with Crippen LogP contribution in [0.15, 0.2) is 41.1 Å². The molecule has 0 spiro atoms. The Morgan fingerprint density at radius 1 is 1.30 bits per heavy atom. The second-order valence-corrected chi connectivity index (χ2v) is 5.91. The molecule has 0 aliphatic carbocycles. The van der Waals surface area contributed by atoms with Gasteiger partial charge in [-0.1, -0.05) is 5.16 Å². The summed E-state index contributed by atoms with van der Waals surface area (Å²) in [5.74, 6) is -3.13. The van der Waals surface area contributed by atoms with Crippen LogP contribution < -0.4 is 16.4 Å². The molecule has 30 heavy (non-hydrogen) atoms. The van der Waals surface area contributed by atoms with Crippen molar-refractivity contribution in [3.63, 3.8) is 0 Å². The van der Waals surface area contributed by atoms with Crippen LogP contribution in [0.2, 0.25) is 0 Å². The number of nitrogens with zero attached hydrogens (tertiary/aromatic N) is 1. The lowest BCUT2D eigenvalue weighted by molar-refractivity contribution is 0.101. The topological polar surface area (TPSA) is 141 Å². The molecule has 0 aliphatic heterocycles. The molecule has 0 saturated carbocycles. The average Bonchev–Trinajstić information content (AvgIpc) is 3.23. The van der Waals surface area contributed by atoms with Crippen molar-refractivity contribution in [3.8, 4) is 0 Å². The van der Waals surface area contributed by atoms with Gasteiger partial charge in [0.1, 0.15) is 22.9 Å². The number of hydrogen-bond donors (Lipinski definition) is 5. The fourth-order valence-corrected chi connectivity index (χ4v) is 2.71. The maximum atomic E-state index is 14.6. The third kappa shape index (κ3) is 4.30. The molecule has 3 aromatic rings. The molecule has 0 atom stereocenters. The minimum atomic E-state index is -1.16. The molecular weight excluding hydrogens is 509 g/mol. The lowest BCUT2D eigenvalue weighted by atomic mass is 10.0. The van der Waals surface area contributed by atoms with Crippen LogP contribution in [-0.2, 0) is 0 Å². The largest absolute Gasteiger partial charge is 0.398 e. The molecular formula is C19H21F2IN6O2. The summed E-state index contributed by atoms with van der Waals surface area (Å²) in [6.45, 7) is 0. The van der Waals surface area contributed by atoms with Crippen molar-refractivity contribution < 1.29 is 21.0 Å². The number of hydrogen-bond acceptors (Lipinski definition) is 7. The van der Waals surface area contributed by atoms with Gasteiger partial charge in [-0.2, -0.15) is 0 Å². The molecule has 2 aromatic carbocycles. The third-order valence-corrected chi connectivity index (χ3v) is 4.16. The first-order valence-corrected chi connectivity index (χ1v) is 8.28. The number of aromatic nitrogens is 1. The van der Waals surface area contributed by atoms with Crippen LogP contribution in [0.1, 0.15) is 30.1 Å². The number of carbonyl (C=O) groups excluding carboxylic acids is 1. The number of nitrogen functional groups attached to an aromatic ring is 1. The van der Waals surface area contributed by atoms with Crippen LogP contribution in [0.3, 0.4) is 0 Å². The highest BCUT2D eigenvalue weighted by Gasteiger charge is 2.23. The van der Waals surface area contributed by atoms with Crippen LogP contribution in [0, 0.1) is 22.5 Å². The van der Waals surface area contributed by atoms with Crippen molar-refractivity contribution in [2.24, 2.45) is 0 Å². The van der Waals surface area contributed by atoms with Gasteiger partial charge < -0.3 is 26.3 Å². The van der Waals surface area contributed by atoms with E-state index in [0.717, 1.165) is 6.07 Å². The Balaban J connectivity index is 0.00000320. The number of carbonyl (C=O) groups is 1. The molecule has 1 aromatic heterocycles. The van der Waals surface area contributed by atoms with Crippen molar-refractivity contribution in [1.82, 2.24) is 5.16 Å². The molecule has 1 amide bonds. The fraction of sp³-hybridized carbons (Fsp3) is 0.0526. The molecule has 11 heteroatoms. The number of amides is 1. The summed E-state index contributed by atoms with van der Waals surface area (Å²) >= 11 is 0. The van der Waals surface area contributed by atoms with E-state index in [4.69, 9.17) is 21.1 Å². The van der Waals surface area contributed by atoms with Gasteiger partial charge in [0, 0.05) is 44.8 Å². The Bertz CT molecular complexity index is 1130. The summed E-state index contributed by atoms with van der Waals surface area (Å²) in [7, 11) is 1.44. The average molecular weight is 530 g/mol. The van der Waals surface area contributed by atoms with Gasteiger partial charge in [-0.15, -0.1) is 24.0 Å². The van der Waals surface area contributed by atoms with Crippen molar-refractivity contribution in [2.45, 2.75) is 0 Å². The first-order valence-electron chi connectivity index (χ1n) is 8.28. The summed E-state index contributed by atoms with van der Waals surface area (Å²) in [6.07, 6.45) is 2.06. The van der Waals surface area contributed by atoms with Crippen LogP contribution in [0.5, 0.6) is 0 Å². The lowest BCUT2D eigenvalue weighted by Crippen LogP contribution is -2.18. The van der Waals surface area contributed by atoms with Crippen LogP contribution in [0.4, 0.5) is 25.8 Å². The van der Waals surface area contributed by atoms with Crippen molar-refractivity contribution in [3.05, 3.63) is 70.6 Å². The van der Waals surface area contributed by atoms with E-state index >= 15 is 0 Å². The van der Waals surface area contributed by atoms with Crippen molar-refractivity contribution >= 4 is 58.9 Å². The molecule has 0 radical (unpaired) electrons. The third-order valence-electron chi connectivity index (χ3n) is 4.16. The van der Waals surface area contributed by atoms with Gasteiger partial charge in [-0.25, -0.2) is 8.78 Å². The van der Waals surface area contributed by atoms with Gasteiger partial charge >= 0.3 is 0 Å². The smallest absolute Gasteiger partial charge is 0.261 e. The normalized spacial score (nSPS) is 10.1. The number of benzene rings is 2. The second kappa shape index (κ2) is 9.43. The molecule has 1 heterocycles. The van der Waals surface area contributed by atoms with Gasteiger partial charge in [0.05, 0.1) is 11.8 Å². The van der Waals surface area contributed by atoms with E-state index in [1.54, 1.807) is 0 Å². The zero-order chi connectivity index (χ0) is 21.1. The predicted molar refractivity (Wildman–Crippen MR) is 125 cm³/mol. The highest BCUT2D eigenvalue weighted by molar-refractivity contribution is 14.0. The second-order valence-electron chi connectivity index (χ2n) is 5.91. The van der Waals surface area contributed by atoms with Gasteiger partial charge in [0.2, 0.25) is 0 Å². The molecule has 6 N–H and O–H groups in total. The number of anilines is 3. The van der Waals surface area contributed by atoms with E-state index in [1.165, 1.54) is 37.5 Å². The maximum absolute atomic E-state index is 14.6. The molecule has 0 saturated heterocycles. The predicted octanol–water partition coefficient (Wildman–Crippen LogP) is 4.35. The highest BCUT2D eigenvalue weighted by Crippen LogP contribution is 2.26. The minimum absolute atomic E-state index is 0. The first-order chi connectivity index (χ1) is 13.9. The van der Waals surface area contributed by atoms with E-state index in [1.807, 2.05) is 0 Å². The number of nitrogens with two attached hydrogens (primary N) is 1. The van der Waals surface area contributed by atoms with Crippen LogP contribution >= 0.6 is 24.0 Å². The molecule has 0 fully saturated rings. The van der Waals surface area contributed by atoms with Gasteiger partial charge in [0.25, 0.3) is 5.91 Å². The SMILES string of the molecule is CNc1cc(F)c(C(=O)Nc2ccc(N)c(C(=N)c3ccno3)c2)c(F)c1C=N.I.[HH].[HH]. The number of rotatable bonds is 6. The van der Waals surface area contributed by atoms with Crippen molar-refractivity contribution in [1.29, 1.82) is 10.8 Å². The summed E-state index contributed by atoms with van der Waals surface area (Å²) in [5.41, 5.74) is 5.43. The first kappa shape index (κ1) is 22.9.